The number of benzene rings is 1. The summed E-state index contributed by atoms with van der Waals surface area (Å²) in [5.41, 5.74) is 2.06. The summed E-state index contributed by atoms with van der Waals surface area (Å²) >= 11 is 1.40. The van der Waals surface area contributed by atoms with Crippen LogP contribution in [0.4, 0.5) is 5.82 Å². The van der Waals surface area contributed by atoms with E-state index in [1.807, 2.05) is 31.2 Å². The molecular weight excluding hydrogens is 400 g/mol. The van der Waals surface area contributed by atoms with Gasteiger partial charge in [-0.1, -0.05) is 12.1 Å². The number of carbonyl (C=O) groups excluding carboxylic acids is 1. The molecule has 1 aliphatic rings. The molecule has 30 heavy (non-hydrogen) atoms. The van der Waals surface area contributed by atoms with Crippen LogP contribution in [0.25, 0.3) is 10.2 Å². The lowest BCUT2D eigenvalue weighted by Crippen LogP contribution is -2.25. The molecule has 1 amide bonds. The summed E-state index contributed by atoms with van der Waals surface area (Å²) in [5.74, 6) is 1.52. The number of nitrogens with zero attached hydrogens (tertiary/aromatic N) is 2. The van der Waals surface area contributed by atoms with E-state index in [4.69, 9.17) is 9.47 Å². The number of rotatable bonds is 8. The Morgan fingerprint density at radius 1 is 1.30 bits per heavy atom. The standard InChI is InChI=1S/C22H26N4O3S/c1-14-18-20(24-12-17-4-3-11-29-17)25-13-26-22(18)30-19(14)21(27)23-10-9-15-5-7-16(28-2)8-6-15/h5-8,13,17H,3-4,9-12H2,1-2H3,(H,23,27)(H,24,25,26)/t17-/m0/s1. The zero-order valence-electron chi connectivity index (χ0n) is 17.2. The summed E-state index contributed by atoms with van der Waals surface area (Å²) in [6.45, 7) is 4.06. The van der Waals surface area contributed by atoms with Gasteiger partial charge in [0.05, 0.1) is 23.5 Å². The number of fused-ring (bicyclic) bond motifs is 1. The molecule has 158 valence electrons. The maximum atomic E-state index is 12.8. The molecule has 3 heterocycles. The fourth-order valence-electron chi connectivity index (χ4n) is 3.63. The molecular formula is C22H26N4O3S. The Hall–Kier alpha value is -2.71. The highest BCUT2D eigenvalue weighted by molar-refractivity contribution is 7.20. The van der Waals surface area contributed by atoms with Gasteiger partial charge < -0.3 is 20.1 Å². The van der Waals surface area contributed by atoms with Crippen LogP contribution in [0, 0.1) is 6.92 Å². The maximum Gasteiger partial charge on any atom is 0.261 e. The van der Waals surface area contributed by atoms with Crippen LogP contribution < -0.4 is 15.4 Å². The minimum absolute atomic E-state index is 0.0749. The lowest BCUT2D eigenvalue weighted by Gasteiger charge is -2.12. The molecule has 2 N–H and O–H groups in total. The molecule has 1 saturated heterocycles. The Morgan fingerprint density at radius 2 is 2.13 bits per heavy atom. The number of nitrogens with one attached hydrogen (secondary N) is 2. The van der Waals surface area contributed by atoms with Crippen molar-refractivity contribution in [2.24, 2.45) is 0 Å². The second-order valence-corrected chi connectivity index (χ2v) is 8.33. The smallest absolute Gasteiger partial charge is 0.261 e. The fourth-order valence-corrected chi connectivity index (χ4v) is 4.70. The molecule has 0 aliphatic carbocycles. The number of thiophene rings is 1. The number of hydrogen-bond donors (Lipinski definition) is 2. The normalized spacial score (nSPS) is 16.0. The molecule has 0 bridgehead atoms. The molecule has 0 spiro atoms. The Balaban J connectivity index is 1.41. The first-order valence-corrected chi connectivity index (χ1v) is 11.0. The molecule has 0 saturated carbocycles. The van der Waals surface area contributed by atoms with Crippen LogP contribution in [0.15, 0.2) is 30.6 Å². The van der Waals surface area contributed by atoms with Gasteiger partial charge >= 0.3 is 0 Å². The molecule has 4 rings (SSSR count). The molecule has 1 atom stereocenters. The van der Waals surface area contributed by atoms with Crippen molar-refractivity contribution < 1.29 is 14.3 Å². The Bertz CT molecular complexity index is 1010. The predicted octanol–water partition coefficient (Wildman–Crippen LogP) is 3.57. The predicted molar refractivity (Wildman–Crippen MR) is 119 cm³/mol. The van der Waals surface area contributed by atoms with E-state index in [0.717, 1.165) is 58.8 Å². The molecule has 8 heteroatoms. The number of hydrogen-bond acceptors (Lipinski definition) is 7. The first-order valence-electron chi connectivity index (χ1n) is 10.2. The summed E-state index contributed by atoms with van der Waals surface area (Å²) in [7, 11) is 1.65. The molecule has 3 aromatic rings. The zero-order valence-corrected chi connectivity index (χ0v) is 18.1. The second-order valence-electron chi connectivity index (χ2n) is 7.33. The van der Waals surface area contributed by atoms with Gasteiger partial charge in [0.15, 0.2) is 0 Å². The highest BCUT2D eigenvalue weighted by Gasteiger charge is 2.20. The van der Waals surface area contributed by atoms with Crippen molar-refractivity contribution in [2.75, 3.05) is 32.1 Å². The maximum absolute atomic E-state index is 12.8. The van der Waals surface area contributed by atoms with E-state index in [0.29, 0.717) is 18.0 Å². The number of ether oxygens (including phenoxy) is 2. The molecule has 1 aromatic carbocycles. The van der Waals surface area contributed by atoms with Crippen LogP contribution >= 0.6 is 11.3 Å². The molecule has 1 aliphatic heterocycles. The van der Waals surface area contributed by atoms with Crippen LogP contribution in [0.1, 0.15) is 33.6 Å². The number of carbonyl (C=O) groups is 1. The SMILES string of the molecule is COc1ccc(CCNC(=O)c2sc3ncnc(NC[C@@H]4CCCO4)c3c2C)cc1. The third kappa shape index (κ3) is 4.55. The van der Waals surface area contributed by atoms with E-state index >= 15 is 0 Å². The average molecular weight is 427 g/mol. The molecule has 0 radical (unpaired) electrons. The molecule has 2 aromatic heterocycles. The molecule has 0 unspecified atom stereocenters. The van der Waals surface area contributed by atoms with Crippen molar-refractivity contribution in [3.63, 3.8) is 0 Å². The number of aromatic nitrogens is 2. The summed E-state index contributed by atoms with van der Waals surface area (Å²) in [4.78, 5) is 23.1. The van der Waals surface area contributed by atoms with Crippen molar-refractivity contribution in [1.29, 1.82) is 0 Å². The zero-order chi connectivity index (χ0) is 20.9. The van der Waals surface area contributed by atoms with Crippen molar-refractivity contribution >= 4 is 33.3 Å². The van der Waals surface area contributed by atoms with Gasteiger partial charge in [0, 0.05) is 19.7 Å². The van der Waals surface area contributed by atoms with E-state index in [-0.39, 0.29) is 12.0 Å². The lowest BCUT2D eigenvalue weighted by molar-refractivity contribution is 0.0957. The summed E-state index contributed by atoms with van der Waals surface area (Å²) in [5, 5.41) is 7.33. The van der Waals surface area contributed by atoms with E-state index < -0.39 is 0 Å². The Morgan fingerprint density at radius 3 is 2.87 bits per heavy atom. The Kier molecular flexibility index (Phi) is 6.44. The van der Waals surface area contributed by atoms with Crippen molar-refractivity contribution in [3.05, 3.63) is 46.6 Å². The first-order chi connectivity index (χ1) is 14.7. The van der Waals surface area contributed by atoms with Crippen LogP contribution in [-0.2, 0) is 11.2 Å². The number of aryl methyl sites for hydroxylation is 1. The van der Waals surface area contributed by atoms with Gasteiger partial charge in [-0.2, -0.15) is 0 Å². The summed E-state index contributed by atoms with van der Waals surface area (Å²) < 4.78 is 10.9. The van der Waals surface area contributed by atoms with E-state index in [1.165, 1.54) is 11.3 Å². The highest BCUT2D eigenvalue weighted by atomic mass is 32.1. The van der Waals surface area contributed by atoms with Gasteiger partial charge in [-0.05, 0) is 49.4 Å². The van der Waals surface area contributed by atoms with Gasteiger partial charge in [0.1, 0.15) is 22.7 Å². The van der Waals surface area contributed by atoms with Crippen LogP contribution in [-0.4, -0.2) is 48.8 Å². The molecule has 7 nitrogen and oxygen atoms in total. The Labute approximate surface area is 179 Å². The van der Waals surface area contributed by atoms with Crippen LogP contribution in [0.3, 0.4) is 0 Å². The minimum atomic E-state index is -0.0749. The van der Waals surface area contributed by atoms with Gasteiger partial charge in [-0.3, -0.25) is 4.79 Å². The lowest BCUT2D eigenvalue weighted by atomic mass is 10.1. The monoisotopic (exact) mass is 426 g/mol. The number of amides is 1. The van der Waals surface area contributed by atoms with E-state index in [9.17, 15) is 4.79 Å². The van der Waals surface area contributed by atoms with Crippen molar-refractivity contribution in [3.8, 4) is 5.75 Å². The third-order valence-electron chi connectivity index (χ3n) is 5.31. The van der Waals surface area contributed by atoms with Gasteiger partial charge in [-0.25, -0.2) is 9.97 Å². The van der Waals surface area contributed by atoms with Gasteiger partial charge in [0.2, 0.25) is 0 Å². The number of methoxy groups -OCH3 is 1. The molecule has 1 fully saturated rings. The topological polar surface area (TPSA) is 85.4 Å². The highest BCUT2D eigenvalue weighted by Crippen LogP contribution is 2.33. The van der Waals surface area contributed by atoms with Crippen LogP contribution in [0.5, 0.6) is 5.75 Å². The van der Waals surface area contributed by atoms with Gasteiger partial charge in [0.25, 0.3) is 5.91 Å². The van der Waals surface area contributed by atoms with E-state index in [2.05, 4.69) is 20.6 Å². The third-order valence-corrected chi connectivity index (χ3v) is 6.51. The van der Waals surface area contributed by atoms with E-state index in [1.54, 1.807) is 13.4 Å². The average Bonchev–Trinajstić information content (AvgIpc) is 3.41. The second kappa shape index (κ2) is 9.40. The minimum Gasteiger partial charge on any atom is -0.497 e. The largest absolute Gasteiger partial charge is 0.497 e. The summed E-state index contributed by atoms with van der Waals surface area (Å²) in [6.07, 6.45) is 4.68. The van der Waals surface area contributed by atoms with Crippen molar-refractivity contribution in [2.45, 2.75) is 32.3 Å². The van der Waals surface area contributed by atoms with Crippen molar-refractivity contribution in [1.82, 2.24) is 15.3 Å². The van der Waals surface area contributed by atoms with Gasteiger partial charge in [-0.15, -0.1) is 11.3 Å². The number of anilines is 1. The summed E-state index contributed by atoms with van der Waals surface area (Å²) in [6, 6.07) is 7.88. The quantitative estimate of drug-likeness (QED) is 0.573. The fraction of sp³-hybridized carbons (Fsp3) is 0.409. The first kappa shape index (κ1) is 20.6. The van der Waals surface area contributed by atoms with Crippen LogP contribution in [0.2, 0.25) is 0 Å².